The molecule has 0 radical (unpaired) electrons. The minimum Gasteiger partial charge on any atom is -0.501 e. The number of aromatic hydroxyl groups is 1. The Hall–Kier alpha value is -1.75. The van der Waals surface area contributed by atoms with Gasteiger partial charge in [-0.25, -0.2) is 0 Å². The molecule has 2 N–H and O–H groups in total. The summed E-state index contributed by atoms with van der Waals surface area (Å²) >= 11 is 5.87. The molecule has 0 spiro atoms. The van der Waals surface area contributed by atoms with Crippen LogP contribution in [-0.4, -0.2) is 10.0 Å². The van der Waals surface area contributed by atoms with Gasteiger partial charge in [0, 0.05) is 11.6 Å². The van der Waals surface area contributed by atoms with E-state index in [1.54, 1.807) is 6.20 Å². The van der Waals surface area contributed by atoms with Crippen molar-refractivity contribution in [3.05, 3.63) is 39.0 Å². The molecule has 0 aliphatic carbocycles. The van der Waals surface area contributed by atoms with Crippen molar-refractivity contribution in [1.29, 1.82) is 0 Å². The number of hydrogen-bond acceptors (Lipinski definition) is 4. The average Bonchev–Trinajstić information content (AvgIpc) is 2.23. The molecule has 0 saturated carbocycles. The highest BCUT2D eigenvalue weighted by Crippen LogP contribution is 2.42. The molecule has 78 valence electrons. The van der Waals surface area contributed by atoms with Gasteiger partial charge in [-0.15, -0.1) is 0 Å². The normalized spacial score (nSPS) is 13.1. The maximum Gasteiger partial charge on any atom is 0.314 e. The van der Waals surface area contributed by atoms with Crippen LogP contribution in [0.15, 0.2) is 18.3 Å². The maximum absolute atomic E-state index is 10.6. The van der Waals surface area contributed by atoms with Gasteiger partial charge in [-0.05, 0) is 12.6 Å². The summed E-state index contributed by atoms with van der Waals surface area (Å²) < 4.78 is 0. The minimum atomic E-state index is -0.665. The van der Waals surface area contributed by atoms with E-state index in [0.29, 0.717) is 17.7 Å². The number of halogens is 1. The molecular formula is C9H7ClN2O3. The summed E-state index contributed by atoms with van der Waals surface area (Å²) in [6.45, 7) is 0. The highest BCUT2D eigenvalue weighted by molar-refractivity contribution is 6.32. The SMILES string of the molecule is O=[N+]([O-])c1cc(Cl)c2c(c1O)NC=CC2. The van der Waals surface area contributed by atoms with Crippen LogP contribution < -0.4 is 5.32 Å². The molecule has 2 rings (SSSR count). The van der Waals surface area contributed by atoms with E-state index < -0.39 is 4.92 Å². The Morgan fingerprint density at radius 1 is 1.60 bits per heavy atom. The van der Waals surface area contributed by atoms with Gasteiger partial charge in [0.1, 0.15) is 0 Å². The number of nitro benzene ring substituents is 1. The largest absolute Gasteiger partial charge is 0.501 e. The Kier molecular flexibility index (Phi) is 2.24. The highest BCUT2D eigenvalue weighted by atomic mass is 35.5. The third-order valence-corrected chi connectivity index (χ3v) is 2.53. The Morgan fingerprint density at radius 3 is 3.00 bits per heavy atom. The number of fused-ring (bicyclic) bond motifs is 1. The molecule has 0 unspecified atom stereocenters. The number of rotatable bonds is 1. The fourth-order valence-electron chi connectivity index (χ4n) is 1.48. The van der Waals surface area contributed by atoms with Crippen LogP contribution in [-0.2, 0) is 6.42 Å². The van der Waals surface area contributed by atoms with Gasteiger partial charge in [-0.1, -0.05) is 17.7 Å². The van der Waals surface area contributed by atoms with Crippen LogP contribution in [0.2, 0.25) is 5.02 Å². The second-order valence-corrected chi connectivity index (χ2v) is 3.49. The second-order valence-electron chi connectivity index (χ2n) is 3.09. The lowest BCUT2D eigenvalue weighted by Crippen LogP contribution is -2.03. The minimum absolute atomic E-state index is 0.284. The highest BCUT2D eigenvalue weighted by Gasteiger charge is 2.23. The van der Waals surface area contributed by atoms with Crippen molar-refractivity contribution in [1.82, 2.24) is 0 Å². The fraction of sp³-hybridized carbons (Fsp3) is 0.111. The van der Waals surface area contributed by atoms with E-state index in [1.165, 1.54) is 0 Å². The topological polar surface area (TPSA) is 75.4 Å². The molecule has 0 aromatic heterocycles. The molecule has 1 aliphatic rings. The number of benzene rings is 1. The average molecular weight is 227 g/mol. The van der Waals surface area contributed by atoms with E-state index in [0.717, 1.165) is 6.07 Å². The summed E-state index contributed by atoms with van der Waals surface area (Å²) in [6, 6.07) is 1.16. The molecule has 1 aromatic rings. The van der Waals surface area contributed by atoms with Crippen LogP contribution in [0.1, 0.15) is 5.56 Å². The molecule has 0 fully saturated rings. The number of phenols is 1. The van der Waals surface area contributed by atoms with Gasteiger partial charge < -0.3 is 10.4 Å². The van der Waals surface area contributed by atoms with Crippen molar-refractivity contribution in [2.45, 2.75) is 6.42 Å². The molecular weight excluding hydrogens is 220 g/mol. The zero-order chi connectivity index (χ0) is 11.0. The summed E-state index contributed by atoms with van der Waals surface area (Å²) in [6.07, 6.45) is 3.98. The zero-order valence-corrected chi connectivity index (χ0v) is 8.28. The number of allylic oxidation sites excluding steroid dienone is 1. The number of nitrogens with one attached hydrogen (secondary N) is 1. The van der Waals surface area contributed by atoms with Crippen molar-refractivity contribution in [3.63, 3.8) is 0 Å². The summed E-state index contributed by atoms with van der Waals surface area (Å²) in [4.78, 5) is 9.94. The fourth-order valence-corrected chi connectivity index (χ4v) is 1.75. The maximum atomic E-state index is 10.6. The van der Waals surface area contributed by atoms with E-state index in [2.05, 4.69) is 5.32 Å². The third-order valence-electron chi connectivity index (χ3n) is 2.20. The second kappa shape index (κ2) is 3.43. The number of nitrogens with zero attached hydrogens (tertiary/aromatic N) is 1. The Morgan fingerprint density at radius 2 is 2.33 bits per heavy atom. The first-order chi connectivity index (χ1) is 7.11. The molecule has 0 bridgehead atoms. The van der Waals surface area contributed by atoms with Gasteiger partial charge in [0.15, 0.2) is 0 Å². The van der Waals surface area contributed by atoms with E-state index in [4.69, 9.17) is 11.6 Å². The number of phenolic OH excluding ortho intramolecular Hbond substituents is 1. The molecule has 1 aliphatic heterocycles. The van der Waals surface area contributed by atoms with E-state index in [1.807, 2.05) is 6.08 Å². The van der Waals surface area contributed by atoms with Crippen molar-refractivity contribution < 1.29 is 10.0 Å². The monoisotopic (exact) mass is 226 g/mol. The van der Waals surface area contributed by atoms with Crippen LogP contribution >= 0.6 is 11.6 Å². The first-order valence-electron chi connectivity index (χ1n) is 4.21. The molecule has 6 heteroatoms. The van der Waals surface area contributed by atoms with Crippen LogP contribution in [0.25, 0.3) is 0 Å². The van der Waals surface area contributed by atoms with E-state index in [-0.39, 0.29) is 16.5 Å². The van der Waals surface area contributed by atoms with Crippen LogP contribution in [0.3, 0.4) is 0 Å². The molecule has 15 heavy (non-hydrogen) atoms. The quantitative estimate of drug-likeness (QED) is 0.438. The predicted molar refractivity (Wildman–Crippen MR) is 56.2 cm³/mol. The van der Waals surface area contributed by atoms with Gasteiger partial charge >= 0.3 is 5.69 Å². The van der Waals surface area contributed by atoms with Gasteiger partial charge in [-0.2, -0.15) is 0 Å². The smallest absolute Gasteiger partial charge is 0.314 e. The summed E-state index contributed by atoms with van der Waals surface area (Å²) in [7, 11) is 0. The van der Waals surface area contributed by atoms with Gasteiger partial charge in [0.2, 0.25) is 5.75 Å². The van der Waals surface area contributed by atoms with Crippen molar-refractivity contribution >= 4 is 23.0 Å². The molecule has 1 heterocycles. The van der Waals surface area contributed by atoms with Gasteiger partial charge in [0.05, 0.1) is 15.6 Å². The summed E-state index contributed by atoms with van der Waals surface area (Å²) in [5.74, 6) is -0.372. The van der Waals surface area contributed by atoms with Gasteiger partial charge in [0.25, 0.3) is 0 Å². The Bertz CT molecular complexity index is 471. The first-order valence-corrected chi connectivity index (χ1v) is 4.59. The molecule has 5 nitrogen and oxygen atoms in total. The van der Waals surface area contributed by atoms with Crippen molar-refractivity contribution in [2.24, 2.45) is 0 Å². The predicted octanol–water partition coefficient (Wildman–Crippen LogP) is 2.44. The van der Waals surface area contributed by atoms with E-state index >= 15 is 0 Å². The van der Waals surface area contributed by atoms with Crippen LogP contribution in [0.4, 0.5) is 11.4 Å². The molecule has 0 amide bonds. The first kappa shape index (κ1) is 9.79. The Balaban J connectivity index is 2.67. The molecule has 0 atom stereocenters. The lowest BCUT2D eigenvalue weighted by molar-refractivity contribution is -0.385. The van der Waals surface area contributed by atoms with Crippen LogP contribution in [0, 0.1) is 10.1 Å². The number of nitro groups is 1. The van der Waals surface area contributed by atoms with Crippen LogP contribution in [0.5, 0.6) is 5.75 Å². The Labute approximate surface area is 90.1 Å². The molecule has 0 saturated heterocycles. The van der Waals surface area contributed by atoms with Crippen molar-refractivity contribution in [3.8, 4) is 5.75 Å². The number of anilines is 1. The van der Waals surface area contributed by atoms with Crippen molar-refractivity contribution in [2.75, 3.05) is 5.32 Å². The van der Waals surface area contributed by atoms with E-state index in [9.17, 15) is 15.2 Å². The standard InChI is InChI=1S/C9H7ClN2O3/c10-6-4-7(12(14)15)9(13)8-5(6)2-1-3-11-8/h1,3-4,11,13H,2H2. The number of hydrogen-bond donors (Lipinski definition) is 2. The lowest BCUT2D eigenvalue weighted by atomic mass is 10.1. The van der Waals surface area contributed by atoms with Gasteiger partial charge in [-0.3, -0.25) is 10.1 Å². The summed E-state index contributed by atoms with van der Waals surface area (Å²) in [5, 5.41) is 23.3. The summed E-state index contributed by atoms with van der Waals surface area (Å²) in [5.41, 5.74) is 0.598. The lowest BCUT2D eigenvalue weighted by Gasteiger charge is -2.15. The third kappa shape index (κ3) is 1.50. The molecule has 1 aromatic carbocycles. The zero-order valence-electron chi connectivity index (χ0n) is 7.53.